The van der Waals surface area contributed by atoms with E-state index >= 15 is 0 Å². The van der Waals surface area contributed by atoms with E-state index in [-0.39, 0.29) is 36.0 Å². The monoisotopic (exact) mass is 479 g/mol. The van der Waals surface area contributed by atoms with Crippen LogP contribution in [0.2, 0.25) is 0 Å². The number of hydrogen-bond donors (Lipinski definition) is 3. The van der Waals surface area contributed by atoms with Crippen LogP contribution in [0.25, 0.3) is 0 Å². The third-order valence-corrected chi connectivity index (χ3v) is 5.00. The van der Waals surface area contributed by atoms with Crippen LogP contribution in [0.4, 0.5) is 0 Å². The van der Waals surface area contributed by atoms with E-state index in [2.05, 4.69) is 54.2 Å². The summed E-state index contributed by atoms with van der Waals surface area (Å²) in [4.78, 5) is 4.77. The van der Waals surface area contributed by atoms with Gasteiger partial charge in [-0.2, -0.15) is 5.10 Å². The molecule has 0 saturated heterocycles. The van der Waals surface area contributed by atoms with Gasteiger partial charge in [0, 0.05) is 38.5 Å². The standard InChI is InChI=1S/C19H37N5O.HI/c1-6-19(7-2,10-13-25)15-22-18(20-8-3)21-11-9-12-24-17(5)14-16(4)23-24;/h14,25H,6-13,15H2,1-5H3,(H2,20,21,22);1H. The zero-order chi connectivity index (χ0) is 18.7. The topological polar surface area (TPSA) is 74.5 Å². The first-order chi connectivity index (χ1) is 12.0. The number of aliphatic hydroxyl groups excluding tert-OH is 1. The van der Waals surface area contributed by atoms with Crippen LogP contribution in [0.3, 0.4) is 0 Å². The number of halogens is 1. The Hall–Kier alpha value is -0.830. The molecule has 0 aliphatic rings. The molecular formula is C19H38IN5O. The minimum absolute atomic E-state index is 0. The highest BCUT2D eigenvalue weighted by Gasteiger charge is 2.25. The van der Waals surface area contributed by atoms with Crippen molar-refractivity contribution >= 4 is 29.9 Å². The third kappa shape index (κ3) is 8.24. The van der Waals surface area contributed by atoms with Crippen LogP contribution in [0.15, 0.2) is 11.1 Å². The van der Waals surface area contributed by atoms with Crippen molar-refractivity contribution < 1.29 is 5.11 Å². The van der Waals surface area contributed by atoms with Gasteiger partial charge in [0.05, 0.1) is 5.69 Å². The van der Waals surface area contributed by atoms with Crippen LogP contribution >= 0.6 is 24.0 Å². The van der Waals surface area contributed by atoms with Gasteiger partial charge in [0.25, 0.3) is 0 Å². The number of aromatic nitrogens is 2. The summed E-state index contributed by atoms with van der Waals surface area (Å²) in [6.07, 6.45) is 3.87. The van der Waals surface area contributed by atoms with Crippen LogP contribution in [0.1, 0.15) is 57.8 Å². The first kappa shape index (κ1) is 25.2. The van der Waals surface area contributed by atoms with E-state index in [1.54, 1.807) is 0 Å². The van der Waals surface area contributed by atoms with Crippen molar-refractivity contribution in [1.29, 1.82) is 0 Å². The van der Waals surface area contributed by atoms with Gasteiger partial charge in [0.2, 0.25) is 0 Å². The van der Waals surface area contributed by atoms with Gasteiger partial charge in [-0.1, -0.05) is 13.8 Å². The fourth-order valence-corrected chi connectivity index (χ4v) is 3.07. The van der Waals surface area contributed by atoms with Gasteiger partial charge in [0.1, 0.15) is 0 Å². The van der Waals surface area contributed by atoms with Crippen LogP contribution in [-0.4, -0.2) is 47.1 Å². The lowest BCUT2D eigenvalue weighted by Crippen LogP contribution is -2.39. The van der Waals surface area contributed by atoms with Gasteiger partial charge in [-0.05, 0) is 57.9 Å². The van der Waals surface area contributed by atoms with Gasteiger partial charge in [-0.15, -0.1) is 24.0 Å². The maximum Gasteiger partial charge on any atom is 0.191 e. The molecule has 0 fully saturated rings. The second-order valence-corrected chi connectivity index (χ2v) is 6.81. The largest absolute Gasteiger partial charge is 0.396 e. The maximum absolute atomic E-state index is 9.35. The number of aryl methyl sites for hydroxylation is 3. The molecule has 1 rings (SSSR count). The van der Waals surface area contributed by atoms with Crippen LogP contribution in [0, 0.1) is 19.3 Å². The summed E-state index contributed by atoms with van der Waals surface area (Å²) in [5.74, 6) is 0.861. The molecule has 6 nitrogen and oxygen atoms in total. The highest BCUT2D eigenvalue weighted by molar-refractivity contribution is 14.0. The number of nitrogens with zero attached hydrogens (tertiary/aromatic N) is 3. The molecule has 1 aromatic heterocycles. The summed E-state index contributed by atoms with van der Waals surface area (Å²) in [5, 5.41) is 20.6. The first-order valence-electron chi connectivity index (χ1n) is 9.64. The van der Waals surface area contributed by atoms with Crippen molar-refractivity contribution in [2.45, 2.75) is 66.8 Å². The predicted molar refractivity (Wildman–Crippen MR) is 120 cm³/mol. The van der Waals surface area contributed by atoms with Gasteiger partial charge in [-0.3, -0.25) is 9.67 Å². The first-order valence-corrected chi connectivity index (χ1v) is 9.64. The summed E-state index contributed by atoms with van der Waals surface area (Å²) < 4.78 is 2.06. The Morgan fingerprint density at radius 3 is 2.42 bits per heavy atom. The van der Waals surface area contributed by atoms with Gasteiger partial charge in [-0.25, -0.2) is 0 Å². The molecule has 0 saturated carbocycles. The van der Waals surface area contributed by atoms with Crippen LogP contribution in [0.5, 0.6) is 0 Å². The number of nitrogens with one attached hydrogen (secondary N) is 2. The van der Waals surface area contributed by atoms with E-state index in [1.807, 2.05) is 6.92 Å². The smallest absolute Gasteiger partial charge is 0.191 e. The van der Waals surface area contributed by atoms with E-state index in [0.29, 0.717) is 0 Å². The second-order valence-electron chi connectivity index (χ2n) is 6.81. The molecule has 1 heterocycles. The lowest BCUT2D eigenvalue weighted by molar-refractivity contribution is 0.175. The highest BCUT2D eigenvalue weighted by Crippen LogP contribution is 2.30. The Morgan fingerprint density at radius 1 is 1.23 bits per heavy atom. The third-order valence-electron chi connectivity index (χ3n) is 5.00. The Balaban J connectivity index is 0.00000625. The lowest BCUT2D eigenvalue weighted by atomic mass is 9.79. The van der Waals surface area contributed by atoms with Gasteiger partial charge < -0.3 is 15.7 Å². The molecule has 7 heteroatoms. The van der Waals surface area contributed by atoms with Crippen molar-refractivity contribution in [2.75, 3.05) is 26.2 Å². The number of hydrogen-bond acceptors (Lipinski definition) is 3. The molecule has 0 aromatic carbocycles. The van der Waals surface area contributed by atoms with Crippen LogP contribution in [-0.2, 0) is 6.54 Å². The quantitative estimate of drug-likeness (QED) is 0.197. The summed E-state index contributed by atoms with van der Waals surface area (Å²) in [5.41, 5.74) is 2.37. The average Bonchev–Trinajstić information content (AvgIpc) is 2.92. The molecule has 0 bridgehead atoms. The van der Waals surface area contributed by atoms with E-state index < -0.39 is 0 Å². The Bertz CT molecular complexity index is 526. The second kappa shape index (κ2) is 13.4. The average molecular weight is 479 g/mol. The molecule has 0 spiro atoms. The molecule has 0 aliphatic carbocycles. The number of aliphatic hydroxyl groups is 1. The molecule has 152 valence electrons. The van der Waals surface area contributed by atoms with Crippen molar-refractivity contribution in [3.63, 3.8) is 0 Å². The molecule has 0 atom stereocenters. The SMILES string of the molecule is CCNC(=NCC(CC)(CC)CCO)NCCCn1nc(C)cc1C.I. The fourth-order valence-electron chi connectivity index (χ4n) is 3.07. The van der Waals surface area contributed by atoms with E-state index in [1.165, 1.54) is 5.69 Å². The fraction of sp³-hybridized carbons (Fsp3) is 0.789. The van der Waals surface area contributed by atoms with Gasteiger partial charge in [0.15, 0.2) is 5.96 Å². The van der Waals surface area contributed by atoms with Crippen LogP contribution < -0.4 is 10.6 Å². The molecule has 1 aromatic rings. The molecular weight excluding hydrogens is 441 g/mol. The predicted octanol–water partition coefficient (Wildman–Crippen LogP) is 3.25. The molecule has 3 N–H and O–H groups in total. The number of rotatable bonds is 11. The molecule has 0 radical (unpaired) electrons. The van der Waals surface area contributed by atoms with Gasteiger partial charge >= 0.3 is 0 Å². The van der Waals surface area contributed by atoms with E-state index in [9.17, 15) is 5.11 Å². The molecule has 0 amide bonds. The Morgan fingerprint density at radius 2 is 1.92 bits per heavy atom. The zero-order valence-corrected chi connectivity index (χ0v) is 19.5. The van der Waals surface area contributed by atoms with E-state index in [0.717, 1.165) is 63.5 Å². The summed E-state index contributed by atoms with van der Waals surface area (Å²) in [6.45, 7) is 14.1. The summed E-state index contributed by atoms with van der Waals surface area (Å²) in [7, 11) is 0. The normalized spacial score (nSPS) is 12.0. The van der Waals surface area contributed by atoms with Crippen molar-refractivity contribution in [3.05, 3.63) is 17.5 Å². The van der Waals surface area contributed by atoms with Crippen molar-refractivity contribution in [1.82, 2.24) is 20.4 Å². The minimum Gasteiger partial charge on any atom is -0.396 e. The lowest BCUT2D eigenvalue weighted by Gasteiger charge is -2.29. The van der Waals surface area contributed by atoms with Crippen molar-refractivity contribution in [3.8, 4) is 0 Å². The molecule has 26 heavy (non-hydrogen) atoms. The number of guanidine groups is 1. The molecule has 0 unspecified atom stereocenters. The van der Waals surface area contributed by atoms with Crippen molar-refractivity contribution in [2.24, 2.45) is 10.4 Å². The number of aliphatic imine (C=N–C) groups is 1. The zero-order valence-electron chi connectivity index (χ0n) is 17.1. The maximum atomic E-state index is 9.35. The minimum atomic E-state index is 0. The molecule has 0 aliphatic heterocycles. The Kier molecular flexibility index (Phi) is 12.9. The Labute approximate surface area is 176 Å². The summed E-state index contributed by atoms with van der Waals surface area (Å²) in [6, 6.07) is 2.11. The van der Waals surface area contributed by atoms with E-state index in [4.69, 9.17) is 4.99 Å². The highest BCUT2D eigenvalue weighted by atomic mass is 127. The summed E-state index contributed by atoms with van der Waals surface area (Å²) >= 11 is 0.